The lowest BCUT2D eigenvalue weighted by molar-refractivity contribution is 0.0633. The van der Waals surface area contributed by atoms with Crippen LogP contribution >= 0.6 is 11.3 Å². The third-order valence-electron chi connectivity index (χ3n) is 4.49. The lowest BCUT2D eigenvalue weighted by Crippen LogP contribution is -2.49. The van der Waals surface area contributed by atoms with Crippen molar-refractivity contribution >= 4 is 33.0 Å². The zero-order valence-electron chi connectivity index (χ0n) is 11.9. The molecule has 0 unspecified atom stereocenters. The Kier molecular flexibility index (Phi) is 3.12. The van der Waals surface area contributed by atoms with E-state index >= 15 is 0 Å². The average Bonchev–Trinajstić information content (AvgIpc) is 3.32. The summed E-state index contributed by atoms with van der Waals surface area (Å²) < 4.78 is 1.09. The topological polar surface area (TPSA) is 49.6 Å². The Morgan fingerprint density at radius 2 is 1.86 bits per heavy atom. The van der Waals surface area contributed by atoms with E-state index in [4.69, 9.17) is 5.73 Å². The van der Waals surface area contributed by atoms with Gasteiger partial charge in [0.1, 0.15) is 4.88 Å². The van der Waals surface area contributed by atoms with Gasteiger partial charge in [-0.1, -0.05) is 18.2 Å². The Labute approximate surface area is 128 Å². The molecule has 1 saturated heterocycles. The maximum atomic E-state index is 12.7. The lowest BCUT2D eigenvalue weighted by atomic mass is 10.2. The number of fused-ring (bicyclic) bond motifs is 1. The molecule has 2 heterocycles. The van der Waals surface area contributed by atoms with Crippen LogP contribution in [0.15, 0.2) is 24.3 Å². The van der Waals surface area contributed by atoms with Crippen molar-refractivity contribution in [3.05, 3.63) is 29.1 Å². The van der Waals surface area contributed by atoms with Crippen molar-refractivity contribution in [3.63, 3.8) is 0 Å². The van der Waals surface area contributed by atoms with Gasteiger partial charge in [0.2, 0.25) is 0 Å². The predicted octanol–water partition coefficient (Wildman–Crippen LogP) is 2.40. The smallest absolute Gasteiger partial charge is 0.266 e. The molecule has 1 aliphatic carbocycles. The molecule has 5 heteroatoms. The third kappa shape index (κ3) is 2.30. The molecule has 0 radical (unpaired) electrons. The summed E-state index contributed by atoms with van der Waals surface area (Å²) in [5.41, 5.74) is 6.83. The molecule has 21 heavy (non-hydrogen) atoms. The Bertz CT molecular complexity index is 684. The van der Waals surface area contributed by atoms with Gasteiger partial charge in [0.25, 0.3) is 5.91 Å². The van der Waals surface area contributed by atoms with Crippen LogP contribution in [0.4, 0.5) is 5.69 Å². The molecule has 2 aliphatic rings. The number of anilines is 1. The van der Waals surface area contributed by atoms with Crippen molar-refractivity contribution < 1.29 is 4.79 Å². The van der Waals surface area contributed by atoms with Crippen LogP contribution in [-0.4, -0.2) is 47.9 Å². The van der Waals surface area contributed by atoms with Crippen LogP contribution in [0.5, 0.6) is 0 Å². The molecule has 2 fully saturated rings. The summed E-state index contributed by atoms with van der Waals surface area (Å²) in [6, 6.07) is 8.76. The second-order valence-corrected chi connectivity index (χ2v) is 6.95. The summed E-state index contributed by atoms with van der Waals surface area (Å²) >= 11 is 1.52. The van der Waals surface area contributed by atoms with E-state index in [0.29, 0.717) is 10.6 Å². The van der Waals surface area contributed by atoms with Gasteiger partial charge in [-0.05, 0) is 18.9 Å². The summed E-state index contributed by atoms with van der Waals surface area (Å²) in [5.74, 6) is 0.101. The summed E-state index contributed by atoms with van der Waals surface area (Å²) in [6.45, 7) is 3.65. The molecule has 1 aromatic carbocycles. The third-order valence-corrected chi connectivity index (χ3v) is 5.67. The molecule has 1 amide bonds. The van der Waals surface area contributed by atoms with Gasteiger partial charge in [0.05, 0.1) is 5.69 Å². The number of carbonyl (C=O) groups excluding carboxylic acids is 1. The van der Waals surface area contributed by atoms with Crippen molar-refractivity contribution in [1.82, 2.24) is 9.80 Å². The first-order valence-electron chi connectivity index (χ1n) is 7.54. The molecule has 2 aromatic rings. The van der Waals surface area contributed by atoms with Gasteiger partial charge < -0.3 is 10.6 Å². The van der Waals surface area contributed by atoms with Crippen LogP contribution in [-0.2, 0) is 0 Å². The molecular formula is C16H19N3OS. The number of benzene rings is 1. The van der Waals surface area contributed by atoms with Gasteiger partial charge in [-0.15, -0.1) is 11.3 Å². The Hall–Kier alpha value is -1.59. The highest BCUT2D eigenvalue weighted by Crippen LogP contribution is 2.34. The van der Waals surface area contributed by atoms with Gasteiger partial charge in [0, 0.05) is 42.3 Å². The van der Waals surface area contributed by atoms with Crippen molar-refractivity contribution in [2.24, 2.45) is 0 Å². The summed E-state index contributed by atoms with van der Waals surface area (Å²) in [6.07, 6.45) is 2.66. The van der Waals surface area contributed by atoms with Crippen LogP contribution in [0, 0.1) is 0 Å². The first kappa shape index (κ1) is 13.1. The lowest BCUT2D eigenvalue weighted by Gasteiger charge is -2.34. The Morgan fingerprint density at radius 3 is 2.52 bits per heavy atom. The fraction of sp³-hybridized carbons (Fsp3) is 0.438. The van der Waals surface area contributed by atoms with Crippen LogP contribution in [0.2, 0.25) is 0 Å². The van der Waals surface area contributed by atoms with E-state index < -0.39 is 0 Å². The molecule has 2 N–H and O–H groups in total. The van der Waals surface area contributed by atoms with E-state index in [-0.39, 0.29) is 5.91 Å². The van der Waals surface area contributed by atoms with Crippen molar-refractivity contribution in [1.29, 1.82) is 0 Å². The normalized spacial score (nSPS) is 20.1. The van der Waals surface area contributed by atoms with Crippen molar-refractivity contribution in [2.45, 2.75) is 18.9 Å². The largest absolute Gasteiger partial charge is 0.397 e. The summed E-state index contributed by atoms with van der Waals surface area (Å²) in [4.78, 5) is 17.9. The molecule has 0 atom stereocenters. The second-order valence-electron chi connectivity index (χ2n) is 5.90. The van der Waals surface area contributed by atoms with E-state index in [1.807, 2.05) is 29.2 Å². The predicted molar refractivity (Wildman–Crippen MR) is 86.7 cm³/mol. The second kappa shape index (κ2) is 5.00. The van der Waals surface area contributed by atoms with Gasteiger partial charge >= 0.3 is 0 Å². The van der Waals surface area contributed by atoms with Crippen LogP contribution in [0.3, 0.4) is 0 Å². The number of rotatable bonds is 2. The number of hydrogen-bond acceptors (Lipinski definition) is 4. The molecule has 4 rings (SSSR count). The molecular weight excluding hydrogens is 282 g/mol. The number of hydrogen-bond donors (Lipinski definition) is 1. The van der Waals surface area contributed by atoms with Crippen LogP contribution in [0.1, 0.15) is 22.5 Å². The zero-order valence-corrected chi connectivity index (χ0v) is 12.7. The van der Waals surface area contributed by atoms with E-state index in [9.17, 15) is 4.79 Å². The summed E-state index contributed by atoms with van der Waals surface area (Å²) in [5, 5.41) is 1.00. The van der Waals surface area contributed by atoms with Gasteiger partial charge in [-0.2, -0.15) is 0 Å². The summed E-state index contributed by atoms with van der Waals surface area (Å²) in [7, 11) is 0. The molecule has 110 valence electrons. The van der Waals surface area contributed by atoms with Crippen LogP contribution < -0.4 is 5.73 Å². The minimum absolute atomic E-state index is 0.101. The minimum atomic E-state index is 0.101. The maximum Gasteiger partial charge on any atom is 0.266 e. The quantitative estimate of drug-likeness (QED) is 0.926. The van der Waals surface area contributed by atoms with Gasteiger partial charge in [-0.3, -0.25) is 9.69 Å². The number of amides is 1. The van der Waals surface area contributed by atoms with E-state index in [1.54, 1.807) is 0 Å². The molecule has 1 aromatic heterocycles. The van der Waals surface area contributed by atoms with Gasteiger partial charge in [-0.25, -0.2) is 0 Å². The number of thiophene rings is 1. The number of nitrogen functional groups attached to an aromatic ring is 1. The molecule has 1 aliphatic heterocycles. The number of carbonyl (C=O) groups is 1. The molecule has 0 bridgehead atoms. The minimum Gasteiger partial charge on any atom is -0.397 e. The van der Waals surface area contributed by atoms with Crippen molar-refractivity contribution in [3.8, 4) is 0 Å². The van der Waals surface area contributed by atoms with E-state index in [2.05, 4.69) is 4.90 Å². The maximum absolute atomic E-state index is 12.7. The first-order chi connectivity index (χ1) is 10.2. The fourth-order valence-corrected chi connectivity index (χ4v) is 4.19. The monoisotopic (exact) mass is 301 g/mol. The fourth-order valence-electron chi connectivity index (χ4n) is 3.10. The first-order valence-corrected chi connectivity index (χ1v) is 8.36. The molecule has 4 nitrogen and oxygen atoms in total. The number of nitrogens with two attached hydrogens (primary N) is 1. The highest BCUT2D eigenvalue weighted by Gasteiger charge is 2.33. The molecule has 0 spiro atoms. The van der Waals surface area contributed by atoms with Crippen molar-refractivity contribution in [2.75, 3.05) is 31.9 Å². The standard InChI is InChI=1S/C16H19N3OS/c17-14-12-3-1-2-4-13(12)21-15(14)16(20)19-9-7-18(8-10-19)11-5-6-11/h1-4,11H,5-10,17H2. The number of nitrogens with zero attached hydrogens (tertiary/aromatic N) is 2. The molecule has 1 saturated carbocycles. The van der Waals surface area contributed by atoms with Crippen LogP contribution in [0.25, 0.3) is 10.1 Å². The van der Waals surface area contributed by atoms with E-state index in [1.165, 1.54) is 24.2 Å². The van der Waals surface area contributed by atoms with Gasteiger partial charge in [0.15, 0.2) is 0 Å². The van der Waals surface area contributed by atoms with E-state index in [0.717, 1.165) is 42.3 Å². The number of piperazine rings is 1. The average molecular weight is 301 g/mol. The SMILES string of the molecule is Nc1c(C(=O)N2CCN(C3CC3)CC2)sc2ccccc12. The Balaban J connectivity index is 1.54. The zero-order chi connectivity index (χ0) is 14.4. The highest BCUT2D eigenvalue weighted by atomic mass is 32.1. The Morgan fingerprint density at radius 1 is 1.14 bits per heavy atom. The highest BCUT2D eigenvalue weighted by molar-refractivity contribution is 7.21.